The maximum atomic E-state index is 12.2. The average Bonchev–Trinajstić information content (AvgIpc) is 3.05. The second-order valence-electron chi connectivity index (χ2n) is 5.91. The molecule has 0 saturated carbocycles. The van der Waals surface area contributed by atoms with Gasteiger partial charge in [0.25, 0.3) is 5.91 Å². The van der Waals surface area contributed by atoms with Gasteiger partial charge in [0.1, 0.15) is 11.3 Å². The number of phenolic OH excluding ortho intramolecular Hbond substituents is 1. The molecule has 0 aliphatic rings. The zero-order chi connectivity index (χ0) is 18.1. The molecule has 2 N–H and O–H groups in total. The summed E-state index contributed by atoms with van der Waals surface area (Å²) in [5, 5.41) is 13.1. The van der Waals surface area contributed by atoms with Crippen LogP contribution in [0.25, 0.3) is 22.6 Å². The van der Waals surface area contributed by atoms with E-state index in [1.165, 1.54) is 6.07 Å². The van der Waals surface area contributed by atoms with E-state index in [0.717, 1.165) is 11.1 Å². The summed E-state index contributed by atoms with van der Waals surface area (Å²) < 4.78 is 5.71. The monoisotopic (exact) mass is 345 g/mol. The highest BCUT2D eigenvalue weighted by Gasteiger charge is 2.14. The molecule has 0 fully saturated rings. The number of hydrogen-bond donors (Lipinski definition) is 2. The molecule has 1 amide bonds. The van der Waals surface area contributed by atoms with Crippen molar-refractivity contribution >= 4 is 22.7 Å². The van der Waals surface area contributed by atoms with E-state index in [2.05, 4.69) is 15.3 Å². The van der Waals surface area contributed by atoms with Gasteiger partial charge in [-0.3, -0.25) is 9.78 Å². The molecule has 0 aliphatic carbocycles. The van der Waals surface area contributed by atoms with Gasteiger partial charge in [0, 0.05) is 29.7 Å². The van der Waals surface area contributed by atoms with Gasteiger partial charge in [0.2, 0.25) is 5.89 Å². The van der Waals surface area contributed by atoms with Crippen LogP contribution in [-0.2, 0) is 0 Å². The summed E-state index contributed by atoms with van der Waals surface area (Å²) in [7, 11) is 0. The molecule has 0 unspecified atom stereocenters. The molecule has 0 radical (unpaired) electrons. The highest BCUT2D eigenvalue weighted by Crippen LogP contribution is 2.33. The lowest BCUT2D eigenvalue weighted by molar-refractivity contribution is 0.102. The lowest BCUT2D eigenvalue weighted by Crippen LogP contribution is -2.11. The first-order valence-corrected chi connectivity index (χ1v) is 8.02. The lowest BCUT2D eigenvalue weighted by Gasteiger charge is -2.07. The summed E-state index contributed by atoms with van der Waals surface area (Å²) in [5.41, 5.74) is 3.88. The molecule has 4 aromatic rings. The number of rotatable bonds is 3. The number of anilines is 1. The number of aromatic nitrogens is 2. The molecule has 0 saturated heterocycles. The van der Waals surface area contributed by atoms with Gasteiger partial charge in [-0.1, -0.05) is 6.07 Å². The van der Waals surface area contributed by atoms with Gasteiger partial charge in [-0.25, -0.2) is 4.98 Å². The van der Waals surface area contributed by atoms with Crippen LogP contribution in [0.4, 0.5) is 5.69 Å². The minimum Gasteiger partial charge on any atom is -0.507 e. The van der Waals surface area contributed by atoms with Crippen LogP contribution in [-0.4, -0.2) is 21.0 Å². The van der Waals surface area contributed by atoms with Crippen molar-refractivity contribution in [3.63, 3.8) is 0 Å². The van der Waals surface area contributed by atoms with Crippen LogP contribution in [0.15, 0.2) is 65.3 Å². The van der Waals surface area contributed by atoms with E-state index in [1.807, 2.05) is 25.1 Å². The Hall–Kier alpha value is -3.67. The quantitative estimate of drug-likeness (QED) is 0.582. The molecule has 6 nitrogen and oxygen atoms in total. The fourth-order valence-corrected chi connectivity index (χ4v) is 2.65. The molecule has 2 aromatic heterocycles. The minimum absolute atomic E-state index is 0.0270. The number of hydrogen-bond acceptors (Lipinski definition) is 5. The van der Waals surface area contributed by atoms with E-state index in [4.69, 9.17) is 4.42 Å². The normalized spacial score (nSPS) is 10.8. The fraction of sp³-hybridized carbons (Fsp3) is 0.0500. The van der Waals surface area contributed by atoms with Crippen LogP contribution in [0.1, 0.15) is 15.9 Å². The van der Waals surface area contributed by atoms with E-state index in [0.29, 0.717) is 28.3 Å². The summed E-state index contributed by atoms with van der Waals surface area (Å²) in [6.45, 7) is 1.98. The summed E-state index contributed by atoms with van der Waals surface area (Å²) >= 11 is 0. The summed E-state index contributed by atoms with van der Waals surface area (Å²) in [4.78, 5) is 20.5. The Morgan fingerprint density at radius 3 is 2.65 bits per heavy atom. The fourth-order valence-electron chi connectivity index (χ4n) is 2.65. The SMILES string of the molecule is Cc1ccc2oc(-c3ccc(NC(=O)c4ccncc4)cc3O)nc2c1. The van der Waals surface area contributed by atoms with Gasteiger partial charge in [0.15, 0.2) is 5.58 Å². The summed E-state index contributed by atoms with van der Waals surface area (Å²) in [5.74, 6) is 0.0211. The second-order valence-corrected chi connectivity index (χ2v) is 5.91. The average molecular weight is 345 g/mol. The summed E-state index contributed by atoms with van der Waals surface area (Å²) in [6.07, 6.45) is 3.09. The Kier molecular flexibility index (Phi) is 3.85. The Morgan fingerprint density at radius 1 is 1.08 bits per heavy atom. The van der Waals surface area contributed by atoms with Gasteiger partial charge in [0.05, 0.1) is 5.56 Å². The van der Waals surface area contributed by atoms with E-state index >= 15 is 0 Å². The number of benzene rings is 2. The molecule has 0 spiro atoms. The van der Waals surface area contributed by atoms with Gasteiger partial charge in [-0.05, 0) is 48.9 Å². The lowest BCUT2D eigenvalue weighted by atomic mass is 10.1. The number of nitrogens with zero attached hydrogens (tertiary/aromatic N) is 2. The van der Waals surface area contributed by atoms with Gasteiger partial charge >= 0.3 is 0 Å². The van der Waals surface area contributed by atoms with Crippen molar-refractivity contribution in [3.05, 3.63) is 72.1 Å². The minimum atomic E-state index is -0.281. The van der Waals surface area contributed by atoms with Crippen LogP contribution in [0.3, 0.4) is 0 Å². The predicted octanol–water partition coefficient (Wildman–Crippen LogP) is 4.16. The number of carbonyl (C=O) groups is 1. The third-order valence-electron chi connectivity index (χ3n) is 3.97. The zero-order valence-electron chi connectivity index (χ0n) is 13.9. The first kappa shape index (κ1) is 15.8. The third-order valence-corrected chi connectivity index (χ3v) is 3.97. The van der Waals surface area contributed by atoms with Crippen molar-refractivity contribution < 1.29 is 14.3 Å². The molecular weight excluding hydrogens is 330 g/mol. The first-order chi connectivity index (χ1) is 12.6. The molecule has 0 aliphatic heterocycles. The zero-order valence-corrected chi connectivity index (χ0v) is 13.9. The Balaban J connectivity index is 1.62. The molecular formula is C20H15N3O3. The second kappa shape index (κ2) is 6.33. The largest absolute Gasteiger partial charge is 0.507 e. The highest BCUT2D eigenvalue weighted by atomic mass is 16.3. The van der Waals surface area contributed by atoms with Gasteiger partial charge < -0.3 is 14.8 Å². The van der Waals surface area contributed by atoms with Gasteiger partial charge in [-0.15, -0.1) is 0 Å². The van der Waals surface area contributed by atoms with Crippen molar-refractivity contribution in [1.29, 1.82) is 0 Å². The molecule has 6 heteroatoms. The van der Waals surface area contributed by atoms with Crippen LogP contribution >= 0.6 is 0 Å². The van der Waals surface area contributed by atoms with Crippen molar-refractivity contribution in [1.82, 2.24) is 9.97 Å². The Labute approximate surface area is 149 Å². The topological polar surface area (TPSA) is 88.2 Å². The van der Waals surface area contributed by atoms with Crippen LogP contribution in [0, 0.1) is 6.92 Å². The van der Waals surface area contributed by atoms with E-state index in [1.54, 1.807) is 36.7 Å². The summed E-state index contributed by atoms with van der Waals surface area (Å²) in [6, 6.07) is 13.8. The number of phenols is 1. The maximum absolute atomic E-state index is 12.2. The smallest absolute Gasteiger partial charge is 0.255 e. The molecule has 26 heavy (non-hydrogen) atoms. The molecule has 128 valence electrons. The molecule has 4 rings (SSSR count). The number of fused-ring (bicyclic) bond motifs is 1. The number of amides is 1. The van der Waals surface area contributed by atoms with Crippen molar-refractivity contribution in [2.45, 2.75) is 6.92 Å². The number of nitrogens with one attached hydrogen (secondary N) is 1. The number of aromatic hydroxyl groups is 1. The number of aryl methyl sites for hydroxylation is 1. The molecule has 0 atom stereocenters. The highest BCUT2D eigenvalue weighted by molar-refractivity contribution is 6.04. The van der Waals surface area contributed by atoms with Crippen LogP contribution < -0.4 is 5.32 Å². The Morgan fingerprint density at radius 2 is 1.88 bits per heavy atom. The van der Waals surface area contributed by atoms with Crippen molar-refractivity contribution in [2.75, 3.05) is 5.32 Å². The number of pyridine rings is 1. The third kappa shape index (κ3) is 3.00. The molecule has 2 heterocycles. The van der Waals surface area contributed by atoms with Gasteiger partial charge in [-0.2, -0.15) is 0 Å². The molecule has 2 aromatic carbocycles. The van der Waals surface area contributed by atoms with Crippen molar-refractivity contribution in [2.24, 2.45) is 0 Å². The van der Waals surface area contributed by atoms with Crippen LogP contribution in [0.5, 0.6) is 5.75 Å². The standard InChI is InChI=1S/C20H15N3O3/c1-12-2-5-18-16(10-12)23-20(26-18)15-4-3-14(11-17(15)24)22-19(25)13-6-8-21-9-7-13/h2-11,24H,1H3,(H,22,25). The number of carbonyl (C=O) groups excluding carboxylic acids is 1. The van der Waals surface area contributed by atoms with E-state index < -0.39 is 0 Å². The van der Waals surface area contributed by atoms with E-state index in [9.17, 15) is 9.90 Å². The maximum Gasteiger partial charge on any atom is 0.255 e. The number of oxazole rings is 1. The molecule has 0 bridgehead atoms. The Bertz CT molecular complexity index is 1100. The first-order valence-electron chi connectivity index (χ1n) is 8.02. The predicted molar refractivity (Wildman–Crippen MR) is 98.0 cm³/mol. The van der Waals surface area contributed by atoms with E-state index in [-0.39, 0.29) is 11.7 Å². The van der Waals surface area contributed by atoms with Crippen LogP contribution in [0.2, 0.25) is 0 Å². The van der Waals surface area contributed by atoms with Crippen molar-refractivity contribution in [3.8, 4) is 17.2 Å².